The van der Waals surface area contributed by atoms with Crippen molar-refractivity contribution in [2.75, 3.05) is 31.2 Å². The van der Waals surface area contributed by atoms with Gasteiger partial charge in [0.2, 0.25) is 47.3 Å². The summed E-state index contributed by atoms with van der Waals surface area (Å²) in [6.45, 7) is 1.68. The fraction of sp³-hybridized carbons (Fsp3) is 0.645. The molecule has 0 spiro atoms. The van der Waals surface area contributed by atoms with Crippen molar-refractivity contribution in [1.82, 2.24) is 37.2 Å². The van der Waals surface area contributed by atoms with Crippen LogP contribution in [0.15, 0.2) is 4.99 Å². The van der Waals surface area contributed by atoms with E-state index in [-0.39, 0.29) is 36.9 Å². The molecule has 0 saturated heterocycles. The predicted octanol–water partition coefficient (Wildman–Crippen LogP) is -7.28. The van der Waals surface area contributed by atoms with E-state index in [9.17, 15) is 58.2 Å². The van der Waals surface area contributed by atoms with Crippen LogP contribution in [0, 0.1) is 5.92 Å². The molecule has 8 amide bonds. The zero-order valence-electron chi connectivity index (χ0n) is 31.8. The van der Waals surface area contributed by atoms with Crippen molar-refractivity contribution in [2.24, 2.45) is 33.8 Å². The first-order chi connectivity index (χ1) is 27.1. The summed E-state index contributed by atoms with van der Waals surface area (Å²) in [4.78, 5) is 130. The molecule has 0 fully saturated rings. The maximum Gasteiger partial charge on any atom is 0.327 e. The fourth-order valence-corrected chi connectivity index (χ4v) is 5.11. The van der Waals surface area contributed by atoms with Crippen LogP contribution in [0.3, 0.4) is 0 Å². The molecule has 0 aromatic carbocycles. The number of aliphatic hydroxyl groups excluding tert-OH is 1. The Bertz CT molecular complexity index is 1520. The van der Waals surface area contributed by atoms with Gasteiger partial charge in [0.25, 0.3) is 0 Å². The highest BCUT2D eigenvalue weighted by molar-refractivity contribution is 7.80. The second kappa shape index (κ2) is 27.3. The van der Waals surface area contributed by atoms with Crippen molar-refractivity contribution < 1.29 is 63.3 Å². The molecular weight excluding hydrogens is 813 g/mol. The zero-order chi connectivity index (χ0) is 44.7. The Morgan fingerprint density at radius 1 is 0.672 bits per heavy atom. The van der Waals surface area contributed by atoms with Gasteiger partial charge >= 0.3 is 11.9 Å². The number of nitrogens with one attached hydrogen (secondary N) is 7. The third-order valence-electron chi connectivity index (χ3n) is 8.01. The second-order valence-corrected chi connectivity index (χ2v) is 13.4. The van der Waals surface area contributed by atoms with Gasteiger partial charge in [-0.3, -0.25) is 48.1 Å². The number of carbonyl (C=O) groups excluding carboxylic acids is 8. The predicted molar refractivity (Wildman–Crippen MR) is 210 cm³/mol. The van der Waals surface area contributed by atoms with Gasteiger partial charge in [0.15, 0.2) is 5.96 Å². The lowest BCUT2D eigenvalue weighted by atomic mass is 9.98. The Morgan fingerprint density at radius 3 is 1.66 bits per heavy atom. The largest absolute Gasteiger partial charge is 0.481 e. The second-order valence-electron chi connectivity index (χ2n) is 12.7. The number of aliphatic carboxylic acids is 2. The van der Waals surface area contributed by atoms with Crippen LogP contribution in [0.1, 0.15) is 46.0 Å². The molecule has 0 aliphatic heterocycles. The van der Waals surface area contributed by atoms with Gasteiger partial charge in [0, 0.05) is 18.1 Å². The van der Waals surface area contributed by atoms with E-state index in [1.165, 1.54) is 0 Å². The van der Waals surface area contributed by atoms with Crippen LogP contribution < -0.4 is 60.2 Å². The van der Waals surface area contributed by atoms with Crippen LogP contribution in [0.4, 0.5) is 0 Å². The molecule has 328 valence electrons. The summed E-state index contributed by atoms with van der Waals surface area (Å²) in [6.07, 6.45) is -1.73. The third kappa shape index (κ3) is 20.1. The van der Waals surface area contributed by atoms with Crippen molar-refractivity contribution >= 4 is 90.4 Å². The van der Waals surface area contributed by atoms with Crippen molar-refractivity contribution in [3.63, 3.8) is 0 Å². The minimum atomic E-state index is -1.86. The van der Waals surface area contributed by atoms with Crippen LogP contribution in [-0.4, -0.2) is 154 Å². The van der Waals surface area contributed by atoms with E-state index in [1.54, 1.807) is 13.8 Å². The molecule has 0 aromatic rings. The zero-order valence-corrected chi connectivity index (χ0v) is 33.6. The van der Waals surface area contributed by atoms with E-state index in [1.807, 2.05) is 0 Å². The van der Waals surface area contributed by atoms with Crippen molar-refractivity contribution in [2.45, 2.75) is 88.2 Å². The summed E-state index contributed by atoms with van der Waals surface area (Å²) >= 11 is 7.86. The van der Waals surface area contributed by atoms with Gasteiger partial charge in [0.05, 0.1) is 26.0 Å². The molecule has 0 aliphatic rings. The van der Waals surface area contributed by atoms with Crippen LogP contribution in [0.2, 0.25) is 0 Å². The Labute approximate surface area is 343 Å². The summed E-state index contributed by atoms with van der Waals surface area (Å²) in [5, 5.41) is 43.5. The monoisotopic (exact) mass is 866 g/mol. The number of hydrogen-bond donors (Lipinski definition) is 16. The quantitative estimate of drug-likeness (QED) is 0.0150. The number of carbonyl (C=O) groups is 10. The van der Waals surface area contributed by atoms with Crippen LogP contribution in [0.5, 0.6) is 0 Å². The van der Waals surface area contributed by atoms with Crippen molar-refractivity contribution in [1.29, 1.82) is 0 Å². The molecule has 25 nitrogen and oxygen atoms in total. The number of hydrogen-bond acceptors (Lipinski definition) is 15. The molecule has 0 rings (SSSR count). The van der Waals surface area contributed by atoms with E-state index in [0.717, 1.165) is 0 Å². The maximum atomic E-state index is 13.6. The van der Waals surface area contributed by atoms with Crippen LogP contribution in [-0.2, 0) is 47.9 Å². The number of carboxylic acid groups (broad SMARTS) is 2. The molecule has 8 atom stereocenters. The minimum absolute atomic E-state index is 0.00405. The first-order valence-electron chi connectivity index (χ1n) is 17.6. The molecule has 58 heavy (non-hydrogen) atoms. The van der Waals surface area contributed by atoms with E-state index >= 15 is 0 Å². The number of thiol groups is 2. The van der Waals surface area contributed by atoms with Gasteiger partial charge in [-0.05, 0) is 18.8 Å². The summed E-state index contributed by atoms with van der Waals surface area (Å²) in [5.41, 5.74) is 21.4. The van der Waals surface area contributed by atoms with Crippen LogP contribution in [0.25, 0.3) is 0 Å². The topological polar surface area (TPSA) is 432 Å². The summed E-state index contributed by atoms with van der Waals surface area (Å²) in [5.74, 6) is -12.6. The maximum absolute atomic E-state index is 13.6. The Morgan fingerprint density at radius 2 is 1.17 bits per heavy atom. The normalized spacial score (nSPS) is 14.9. The van der Waals surface area contributed by atoms with Gasteiger partial charge in [-0.15, -0.1) is 0 Å². The molecule has 0 unspecified atom stereocenters. The summed E-state index contributed by atoms with van der Waals surface area (Å²) < 4.78 is 0. The minimum Gasteiger partial charge on any atom is -0.481 e. The lowest BCUT2D eigenvalue weighted by Crippen LogP contribution is -2.60. The van der Waals surface area contributed by atoms with Gasteiger partial charge in [-0.2, -0.15) is 25.3 Å². The molecule has 0 radical (unpaired) electrons. The Kier molecular flexibility index (Phi) is 24.7. The average molecular weight is 867 g/mol. The van der Waals surface area contributed by atoms with Crippen molar-refractivity contribution in [3.8, 4) is 0 Å². The first kappa shape index (κ1) is 52.6. The van der Waals surface area contributed by atoms with Crippen molar-refractivity contribution in [3.05, 3.63) is 0 Å². The smallest absolute Gasteiger partial charge is 0.327 e. The average Bonchev–Trinajstić information content (AvgIpc) is 3.15. The molecular formula is C31H54N12O13S2. The molecule has 0 bridgehead atoms. The van der Waals surface area contributed by atoms with E-state index < -0.39 is 133 Å². The molecule has 0 saturated carbocycles. The number of aliphatic hydroxyl groups is 1. The SMILES string of the molecule is CC[C@H](C)[C@H](NC(=O)CNC(=O)[C@H](CC(N)=O)NC(=O)[C@H](CCCN=C(N)N)NC(=O)[C@H](CC(=O)O)NC(=O)[C@H](CS)NC(=O)[C@@H](N)CO)C(=O)N[C@@H](CS)C(=O)O. The van der Waals surface area contributed by atoms with E-state index in [4.69, 9.17) is 28.0 Å². The van der Waals surface area contributed by atoms with E-state index in [0.29, 0.717) is 6.42 Å². The number of carboxylic acids is 2. The number of aliphatic imine (C=N–C) groups is 1. The number of nitrogens with two attached hydrogens (primary N) is 4. The Hall–Kier alpha value is -5.41. The third-order valence-corrected chi connectivity index (χ3v) is 8.74. The molecule has 0 heterocycles. The van der Waals surface area contributed by atoms with E-state index in [2.05, 4.69) is 67.5 Å². The van der Waals surface area contributed by atoms with Gasteiger partial charge in [-0.25, -0.2) is 4.79 Å². The molecule has 18 N–H and O–H groups in total. The lowest BCUT2D eigenvalue weighted by molar-refractivity contribution is -0.142. The number of guanidine groups is 1. The summed E-state index contributed by atoms with van der Waals surface area (Å²) in [6, 6.07) is -10.7. The van der Waals surface area contributed by atoms with Gasteiger partial charge in [-0.1, -0.05) is 20.3 Å². The number of nitrogens with zero attached hydrogens (tertiary/aromatic N) is 1. The fourth-order valence-electron chi connectivity index (χ4n) is 4.60. The molecule has 0 aromatic heterocycles. The lowest BCUT2D eigenvalue weighted by Gasteiger charge is -2.26. The molecule has 27 heteroatoms. The molecule has 0 aliphatic carbocycles. The standard InChI is InChI=1S/C31H54N12O13S2/c1-3-13(2)23(29(54)42-19(12-58)30(55)56)43-21(46)9-37-25(50)16(7-20(33)45)39-26(51)15(5-4-6-36-31(34)35)38-27(52)17(8-22(47)48)40-28(53)18(11-57)41-24(49)14(32)10-44/h13-19,23,44,57-58H,3-12,32H2,1-2H3,(H2,33,45)(H,37,50)(H,38,52)(H,39,51)(H,40,53)(H,41,49)(H,42,54)(H,43,46)(H,47,48)(H,55,56)(H4,34,35,36)/t13-,14-,15-,16-,17-,18-,19-,23-/m0/s1. The highest BCUT2D eigenvalue weighted by Gasteiger charge is 2.34. The van der Waals surface area contributed by atoms with Gasteiger partial charge < -0.3 is 75.5 Å². The summed E-state index contributed by atoms with van der Waals surface area (Å²) in [7, 11) is 0. The Balaban J connectivity index is 6.19. The highest BCUT2D eigenvalue weighted by atomic mass is 32.1. The van der Waals surface area contributed by atoms with Gasteiger partial charge in [0.1, 0.15) is 42.3 Å². The number of rotatable bonds is 28. The first-order valence-corrected chi connectivity index (χ1v) is 18.8. The highest BCUT2D eigenvalue weighted by Crippen LogP contribution is 2.09. The van der Waals surface area contributed by atoms with Crippen LogP contribution >= 0.6 is 25.3 Å². The number of amides is 8. The number of primary amides is 1.